The maximum atomic E-state index is 12.9. The van der Waals surface area contributed by atoms with E-state index >= 15 is 0 Å². The molecule has 0 aliphatic heterocycles. The normalized spacial score (nSPS) is 10.8. The highest BCUT2D eigenvalue weighted by Gasteiger charge is 2.25. The van der Waals surface area contributed by atoms with Crippen molar-refractivity contribution in [2.45, 2.75) is 53.4 Å². The third kappa shape index (κ3) is 4.33. The Hall–Kier alpha value is -1.84. The highest BCUT2D eigenvalue weighted by atomic mass is 16.4. The Morgan fingerprint density at radius 1 is 1.18 bits per heavy atom. The molecule has 0 heterocycles. The van der Waals surface area contributed by atoms with Gasteiger partial charge in [-0.3, -0.25) is 9.59 Å². The summed E-state index contributed by atoms with van der Waals surface area (Å²) < 4.78 is 0. The molecule has 0 bridgehead atoms. The lowest BCUT2D eigenvalue weighted by Crippen LogP contribution is -2.38. The molecule has 0 atom stereocenters. The van der Waals surface area contributed by atoms with Crippen molar-refractivity contribution in [1.29, 1.82) is 0 Å². The van der Waals surface area contributed by atoms with E-state index in [-0.39, 0.29) is 24.8 Å². The van der Waals surface area contributed by atoms with Crippen LogP contribution in [0.4, 0.5) is 5.69 Å². The molecular weight excluding hydrogens is 278 g/mol. The number of carboxylic acid groups (broad SMARTS) is 1. The predicted octanol–water partition coefficient (Wildman–Crippen LogP) is 3.80. The zero-order valence-electron chi connectivity index (χ0n) is 14.1. The number of carbonyl (C=O) groups excluding carboxylic acids is 1. The summed E-state index contributed by atoms with van der Waals surface area (Å²) in [6.07, 6.45) is 2.32. The summed E-state index contributed by atoms with van der Waals surface area (Å²) in [4.78, 5) is 25.5. The van der Waals surface area contributed by atoms with E-state index in [1.165, 1.54) is 0 Å². The Bertz CT molecular complexity index is 521. The van der Waals surface area contributed by atoms with Crippen LogP contribution in [-0.2, 0) is 16.0 Å². The molecule has 1 rings (SSSR count). The highest BCUT2D eigenvalue weighted by molar-refractivity contribution is 5.97. The van der Waals surface area contributed by atoms with Crippen LogP contribution in [0.5, 0.6) is 0 Å². The predicted molar refractivity (Wildman–Crippen MR) is 89.2 cm³/mol. The van der Waals surface area contributed by atoms with Gasteiger partial charge in [-0.15, -0.1) is 0 Å². The molecule has 0 saturated carbocycles. The Kier molecular flexibility index (Phi) is 7.09. The third-order valence-electron chi connectivity index (χ3n) is 4.12. The number of benzene rings is 1. The fourth-order valence-electron chi connectivity index (χ4n) is 2.79. The fraction of sp³-hybridized carbons (Fsp3) is 0.556. The standard InChI is InChI=1S/C18H27NO3/c1-5-14(6-2)18(22)19(12-11-16(20)21)17-13(4)9-8-10-15(17)7-3/h8-10,14H,5-7,11-12H2,1-4H3,(H,20,21). The molecule has 1 amide bonds. The van der Waals surface area contributed by atoms with Crippen molar-refractivity contribution in [3.05, 3.63) is 29.3 Å². The van der Waals surface area contributed by atoms with E-state index in [0.717, 1.165) is 36.1 Å². The molecule has 4 heteroatoms. The number of hydrogen-bond acceptors (Lipinski definition) is 2. The van der Waals surface area contributed by atoms with Crippen LogP contribution in [0, 0.1) is 12.8 Å². The number of anilines is 1. The van der Waals surface area contributed by atoms with Crippen LogP contribution in [0.2, 0.25) is 0 Å². The molecule has 0 aliphatic rings. The molecule has 0 aliphatic carbocycles. The number of carbonyl (C=O) groups is 2. The molecule has 1 aromatic carbocycles. The van der Waals surface area contributed by atoms with E-state index in [4.69, 9.17) is 5.11 Å². The Balaban J connectivity index is 3.26. The lowest BCUT2D eigenvalue weighted by Gasteiger charge is -2.29. The molecule has 0 radical (unpaired) electrons. The molecule has 0 spiro atoms. The summed E-state index contributed by atoms with van der Waals surface area (Å²) in [6.45, 7) is 8.25. The van der Waals surface area contributed by atoms with Gasteiger partial charge in [0.1, 0.15) is 0 Å². The number of rotatable bonds is 8. The first-order chi connectivity index (χ1) is 10.5. The van der Waals surface area contributed by atoms with Crippen molar-refractivity contribution in [2.24, 2.45) is 5.92 Å². The van der Waals surface area contributed by atoms with Crippen molar-refractivity contribution in [3.63, 3.8) is 0 Å². The lowest BCUT2D eigenvalue weighted by atomic mass is 9.98. The van der Waals surface area contributed by atoms with Gasteiger partial charge in [-0.1, -0.05) is 39.0 Å². The molecular formula is C18H27NO3. The topological polar surface area (TPSA) is 57.6 Å². The highest BCUT2D eigenvalue weighted by Crippen LogP contribution is 2.28. The van der Waals surface area contributed by atoms with Crippen molar-refractivity contribution < 1.29 is 14.7 Å². The van der Waals surface area contributed by atoms with Crippen molar-refractivity contribution in [2.75, 3.05) is 11.4 Å². The maximum Gasteiger partial charge on any atom is 0.305 e. The van der Waals surface area contributed by atoms with Gasteiger partial charge in [-0.2, -0.15) is 0 Å². The molecule has 4 nitrogen and oxygen atoms in total. The third-order valence-corrected chi connectivity index (χ3v) is 4.12. The number of nitrogens with zero attached hydrogens (tertiary/aromatic N) is 1. The fourth-order valence-corrected chi connectivity index (χ4v) is 2.79. The van der Waals surface area contributed by atoms with Gasteiger partial charge >= 0.3 is 5.97 Å². The number of hydrogen-bond donors (Lipinski definition) is 1. The first kappa shape index (κ1) is 18.2. The Morgan fingerprint density at radius 2 is 1.82 bits per heavy atom. The van der Waals surface area contributed by atoms with E-state index in [0.29, 0.717) is 0 Å². The van der Waals surface area contributed by atoms with Crippen LogP contribution in [0.25, 0.3) is 0 Å². The molecule has 0 unspecified atom stereocenters. The summed E-state index contributed by atoms with van der Waals surface area (Å²) in [5.74, 6) is -0.901. The Morgan fingerprint density at radius 3 is 2.32 bits per heavy atom. The van der Waals surface area contributed by atoms with Gasteiger partial charge in [0.15, 0.2) is 0 Å². The van der Waals surface area contributed by atoms with E-state index in [9.17, 15) is 9.59 Å². The molecule has 0 saturated heterocycles. The summed E-state index contributed by atoms with van der Waals surface area (Å²) in [5.41, 5.74) is 3.00. The van der Waals surface area contributed by atoms with Gasteiger partial charge in [0.25, 0.3) is 0 Å². The minimum atomic E-state index is -0.881. The van der Waals surface area contributed by atoms with Gasteiger partial charge in [0.2, 0.25) is 5.91 Å². The number of carboxylic acids is 1. The van der Waals surface area contributed by atoms with Crippen LogP contribution in [0.15, 0.2) is 18.2 Å². The first-order valence-electron chi connectivity index (χ1n) is 8.07. The van der Waals surface area contributed by atoms with Crippen LogP contribution in [0.3, 0.4) is 0 Å². The molecule has 22 heavy (non-hydrogen) atoms. The molecule has 1 aromatic rings. The second kappa shape index (κ2) is 8.57. The van der Waals surface area contributed by atoms with Crippen LogP contribution in [0.1, 0.15) is 51.2 Å². The van der Waals surface area contributed by atoms with E-state index in [1.807, 2.05) is 39.0 Å². The quantitative estimate of drug-likeness (QED) is 0.794. The van der Waals surface area contributed by atoms with Crippen LogP contribution < -0.4 is 4.90 Å². The van der Waals surface area contributed by atoms with Gasteiger partial charge < -0.3 is 10.0 Å². The van der Waals surface area contributed by atoms with Gasteiger partial charge in [0.05, 0.1) is 6.42 Å². The molecule has 0 fully saturated rings. The summed E-state index contributed by atoms with van der Waals surface area (Å²) in [7, 11) is 0. The average Bonchev–Trinajstić information content (AvgIpc) is 2.49. The first-order valence-corrected chi connectivity index (χ1v) is 8.07. The summed E-state index contributed by atoms with van der Waals surface area (Å²) in [6, 6.07) is 5.97. The summed E-state index contributed by atoms with van der Waals surface area (Å²) in [5, 5.41) is 9.00. The number of aryl methyl sites for hydroxylation is 2. The molecule has 1 N–H and O–H groups in total. The molecule has 0 aromatic heterocycles. The molecule has 122 valence electrons. The maximum absolute atomic E-state index is 12.9. The minimum absolute atomic E-state index is 0.0373. The van der Waals surface area contributed by atoms with Gasteiger partial charge in [-0.05, 0) is 37.3 Å². The monoisotopic (exact) mass is 305 g/mol. The summed E-state index contributed by atoms with van der Waals surface area (Å²) >= 11 is 0. The number of aliphatic carboxylic acids is 1. The van der Waals surface area contributed by atoms with Gasteiger partial charge in [-0.25, -0.2) is 0 Å². The largest absolute Gasteiger partial charge is 0.481 e. The minimum Gasteiger partial charge on any atom is -0.481 e. The SMILES string of the molecule is CCc1cccc(C)c1N(CCC(=O)O)C(=O)C(CC)CC. The van der Waals surface area contributed by atoms with Crippen molar-refractivity contribution in [1.82, 2.24) is 0 Å². The Labute approximate surface area is 133 Å². The lowest BCUT2D eigenvalue weighted by molar-refractivity contribution is -0.136. The number of para-hydroxylation sites is 1. The van der Waals surface area contributed by atoms with Crippen molar-refractivity contribution >= 4 is 17.6 Å². The van der Waals surface area contributed by atoms with E-state index < -0.39 is 5.97 Å². The van der Waals surface area contributed by atoms with Crippen LogP contribution in [-0.4, -0.2) is 23.5 Å². The van der Waals surface area contributed by atoms with Gasteiger partial charge in [0, 0.05) is 18.2 Å². The second-order valence-electron chi connectivity index (χ2n) is 5.58. The average molecular weight is 305 g/mol. The van der Waals surface area contributed by atoms with E-state index in [2.05, 4.69) is 6.92 Å². The zero-order chi connectivity index (χ0) is 16.7. The smallest absolute Gasteiger partial charge is 0.305 e. The second-order valence-corrected chi connectivity index (χ2v) is 5.58. The van der Waals surface area contributed by atoms with E-state index in [1.54, 1.807) is 4.90 Å². The van der Waals surface area contributed by atoms with Crippen LogP contribution >= 0.6 is 0 Å². The number of amides is 1. The zero-order valence-corrected chi connectivity index (χ0v) is 14.1. The van der Waals surface area contributed by atoms with Crippen molar-refractivity contribution in [3.8, 4) is 0 Å².